The Kier molecular flexibility index (Phi) is 5.65. The molecule has 25 heavy (non-hydrogen) atoms. The summed E-state index contributed by atoms with van der Waals surface area (Å²) in [6.07, 6.45) is 1.53. The summed E-state index contributed by atoms with van der Waals surface area (Å²) in [4.78, 5) is 29.6. The minimum atomic E-state index is -0.892. The molecule has 8 heteroatoms. The highest BCUT2D eigenvalue weighted by atomic mass is 35.5. The minimum Gasteiger partial charge on any atom is -0.481 e. The van der Waals surface area contributed by atoms with E-state index in [9.17, 15) is 9.59 Å². The Morgan fingerprint density at radius 3 is 2.84 bits per heavy atom. The quantitative estimate of drug-likeness (QED) is 0.858. The first-order valence-electron chi connectivity index (χ1n) is 7.82. The lowest BCUT2D eigenvalue weighted by Gasteiger charge is -2.34. The van der Waals surface area contributed by atoms with Gasteiger partial charge in [-0.3, -0.25) is 9.59 Å². The van der Waals surface area contributed by atoms with Gasteiger partial charge in [0.1, 0.15) is 6.26 Å². The number of carboxylic acids is 1. The van der Waals surface area contributed by atoms with Crippen LogP contribution in [0.5, 0.6) is 0 Å². The number of amides is 1. The van der Waals surface area contributed by atoms with E-state index >= 15 is 0 Å². The molecule has 0 spiro atoms. The maximum Gasteiger partial charge on any atom is 0.305 e. The smallest absolute Gasteiger partial charge is 0.305 e. The van der Waals surface area contributed by atoms with Crippen molar-refractivity contribution in [2.24, 2.45) is 0 Å². The topological polar surface area (TPSA) is 83.6 Å². The van der Waals surface area contributed by atoms with Gasteiger partial charge in [0, 0.05) is 28.6 Å². The Balaban J connectivity index is 1.68. The van der Waals surface area contributed by atoms with E-state index in [1.54, 1.807) is 40.9 Å². The molecule has 1 unspecified atom stereocenters. The van der Waals surface area contributed by atoms with Crippen LogP contribution in [0.25, 0.3) is 11.5 Å². The number of aliphatic carboxylic acids is 1. The maximum absolute atomic E-state index is 12.6. The van der Waals surface area contributed by atoms with Gasteiger partial charge in [-0.2, -0.15) is 11.8 Å². The van der Waals surface area contributed by atoms with Crippen LogP contribution < -0.4 is 0 Å². The van der Waals surface area contributed by atoms with Crippen molar-refractivity contribution in [2.45, 2.75) is 18.9 Å². The Hall–Kier alpha value is -1.99. The van der Waals surface area contributed by atoms with Gasteiger partial charge in [-0.05, 0) is 24.3 Å². The number of oxazole rings is 1. The monoisotopic (exact) mass is 380 g/mol. The van der Waals surface area contributed by atoms with Gasteiger partial charge in [0.25, 0.3) is 0 Å². The molecule has 0 saturated carbocycles. The molecule has 1 atom stereocenters. The van der Waals surface area contributed by atoms with E-state index in [0.717, 1.165) is 11.3 Å². The number of rotatable bonds is 5. The van der Waals surface area contributed by atoms with Crippen LogP contribution in [0.4, 0.5) is 0 Å². The van der Waals surface area contributed by atoms with E-state index in [0.29, 0.717) is 28.9 Å². The van der Waals surface area contributed by atoms with Gasteiger partial charge in [-0.1, -0.05) is 11.6 Å². The van der Waals surface area contributed by atoms with E-state index in [-0.39, 0.29) is 24.8 Å². The van der Waals surface area contributed by atoms with Crippen molar-refractivity contribution >= 4 is 35.2 Å². The number of carbonyl (C=O) groups is 2. The summed E-state index contributed by atoms with van der Waals surface area (Å²) in [5, 5.41) is 9.64. The average Bonchev–Trinajstić information content (AvgIpc) is 3.04. The predicted molar refractivity (Wildman–Crippen MR) is 95.7 cm³/mol. The minimum absolute atomic E-state index is 0.0341. The van der Waals surface area contributed by atoms with Crippen LogP contribution >= 0.6 is 23.4 Å². The van der Waals surface area contributed by atoms with Gasteiger partial charge < -0.3 is 14.4 Å². The van der Waals surface area contributed by atoms with Gasteiger partial charge in [0.05, 0.1) is 24.6 Å². The van der Waals surface area contributed by atoms with Crippen molar-refractivity contribution in [3.8, 4) is 11.5 Å². The molecular weight excluding hydrogens is 364 g/mol. The number of benzene rings is 1. The number of halogens is 1. The maximum atomic E-state index is 12.6. The Morgan fingerprint density at radius 2 is 2.12 bits per heavy atom. The van der Waals surface area contributed by atoms with Gasteiger partial charge in [0.15, 0.2) is 0 Å². The first-order valence-corrected chi connectivity index (χ1v) is 9.35. The van der Waals surface area contributed by atoms with Crippen molar-refractivity contribution < 1.29 is 19.1 Å². The average molecular weight is 381 g/mol. The highest BCUT2D eigenvalue weighted by molar-refractivity contribution is 7.99. The molecular formula is C17H17ClN2O4S. The second-order valence-corrected chi connectivity index (χ2v) is 7.33. The van der Waals surface area contributed by atoms with E-state index in [1.807, 2.05) is 0 Å². The van der Waals surface area contributed by atoms with E-state index < -0.39 is 5.97 Å². The molecule has 132 valence electrons. The van der Waals surface area contributed by atoms with Crippen molar-refractivity contribution in [1.29, 1.82) is 0 Å². The molecule has 2 heterocycles. The molecule has 1 aromatic heterocycles. The molecule has 1 N–H and O–H groups in total. The lowest BCUT2D eigenvalue weighted by atomic mass is 10.1. The van der Waals surface area contributed by atoms with Crippen LogP contribution in [0.3, 0.4) is 0 Å². The Morgan fingerprint density at radius 1 is 1.36 bits per heavy atom. The van der Waals surface area contributed by atoms with Gasteiger partial charge in [-0.15, -0.1) is 0 Å². The second-order valence-electron chi connectivity index (χ2n) is 5.74. The number of thioether (sulfide) groups is 1. The molecule has 1 fully saturated rings. The Labute approximate surface area is 154 Å². The summed E-state index contributed by atoms with van der Waals surface area (Å²) in [7, 11) is 0. The summed E-state index contributed by atoms with van der Waals surface area (Å²) < 4.78 is 5.45. The zero-order valence-electron chi connectivity index (χ0n) is 13.4. The summed E-state index contributed by atoms with van der Waals surface area (Å²) in [6, 6.07) is 6.81. The number of aromatic nitrogens is 1. The number of nitrogens with zero attached hydrogens (tertiary/aromatic N) is 2. The van der Waals surface area contributed by atoms with E-state index in [1.165, 1.54) is 6.26 Å². The third kappa shape index (κ3) is 4.55. The molecule has 6 nitrogen and oxygen atoms in total. The van der Waals surface area contributed by atoms with Crippen molar-refractivity contribution in [3.63, 3.8) is 0 Å². The van der Waals surface area contributed by atoms with Crippen LogP contribution in [0, 0.1) is 0 Å². The van der Waals surface area contributed by atoms with Gasteiger partial charge in [0.2, 0.25) is 11.8 Å². The molecule has 0 bridgehead atoms. The lowest BCUT2D eigenvalue weighted by Crippen LogP contribution is -2.47. The summed E-state index contributed by atoms with van der Waals surface area (Å²) >= 11 is 7.54. The van der Waals surface area contributed by atoms with Crippen LogP contribution in [-0.4, -0.2) is 51.0 Å². The molecule has 2 aromatic rings. The third-order valence-electron chi connectivity index (χ3n) is 3.93. The molecule has 3 rings (SSSR count). The lowest BCUT2D eigenvalue weighted by molar-refractivity contribution is -0.140. The highest BCUT2D eigenvalue weighted by Crippen LogP contribution is 2.23. The fourth-order valence-electron chi connectivity index (χ4n) is 2.72. The van der Waals surface area contributed by atoms with Gasteiger partial charge >= 0.3 is 5.97 Å². The van der Waals surface area contributed by atoms with Crippen molar-refractivity contribution in [1.82, 2.24) is 9.88 Å². The highest BCUT2D eigenvalue weighted by Gasteiger charge is 2.29. The molecule has 0 radical (unpaired) electrons. The molecule has 1 aromatic carbocycles. The van der Waals surface area contributed by atoms with Crippen molar-refractivity contribution in [3.05, 3.63) is 41.2 Å². The first-order chi connectivity index (χ1) is 12.0. The molecule has 0 aliphatic carbocycles. The number of hydrogen-bond acceptors (Lipinski definition) is 5. The molecule has 1 aliphatic rings. The standard InChI is InChI=1S/C17H17ClN2O4S/c18-12-3-1-11(2-4-12)17-19-13(9-24-17)7-15(21)20-5-6-25-10-14(20)8-16(22)23/h1-4,9,14H,5-8,10H2,(H,22,23). The Bertz CT molecular complexity index is 762. The van der Waals surface area contributed by atoms with E-state index in [2.05, 4.69) is 4.98 Å². The SMILES string of the molecule is O=C(O)CC1CSCCN1C(=O)Cc1coc(-c2ccc(Cl)cc2)n1. The fraction of sp³-hybridized carbons (Fsp3) is 0.353. The van der Waals surface area contributed by atoms with Crippen molar-refractivity contribution in [2.75, 3.05) is 18.1 Å². The predicted octanol–water partition coefficient (Wildman–Crippen LogP) is 2.96. The van der Waals surface area contributed by atoms with Crippen LogP contribution in [0.2, 0.25) is 5.02 Å². The molecule has 1 amide bonds. The zero-order chi connectivity index (χ0) is 17.8. The summed E-state index contributed by atoms with van der Waals surface area (Å²) in [6.45, 7) is 0.559. The molecule has 1 aliphatic heterocycles. The summed E-state index contributed by atoms with van der Waals surface area (Å²) in [5.41, 5.74) is 1.31. The third-order valence-corrected chi connectivity index (χ3v) is 5.28. The zero-order valence-corrected chi connectivity index (χ0v) is 14.9. The number of carbonyl (C=O) groups excluding carboxylic acids is 1. The normalized spacial score (nSPS) is 17.5. The second kappa shape index (κ2) is 7.93. The number of carboxylic acid groups (broad SMARTS) is 1. The van der Waals surface area contributed by atoms with Crippen LogP contribution in [-0.2, 0) is 16.0 Å². The van der Waals surface area contributed by atoms with E-state index in [4.69, 9.17) is 21.1 Å². The largest absolute Gasteiger partial charge is 0.481 e. The van der Waals surface area contributed by atoms with Crippen LogP contribution in [0.15, 0.2) is 34.9 Å². The first kappa shape index (κ1) is 17.8. The number of hydrogen-bond donors (Lipinski definition) is 1. The molecule has 1 saturated heterocycles. The fourth-order valence-corrected chi connectivity index (χ4v) is 3.91. The van der Waals surface area contributed by atoms with Gasteiger partial charge in [-0.25, -0.2) is 4.98 Å². The van der Waals surface area contributed by atoms with Crippen LogP contribution in [0.1, 0.15) is 12.1 Å². The summed E-state index contributed by atoms with van der Waals surface area (Å²) in [5.74, 6) is 0.874.